The fourth-order valence-electron chi connectivity index (χ4n) is 2.16. The van der Waals surface area contributed by atoms with Crippen LogP contribution in [0.4, 0.5) is 0 Å². The van der Waals surface area contributed by atoms with Gasteiger partial charge in [-0.15, -0.1) is 0 Å². The predicted molar refractivity (Wildman–Crippen MR) is 98.9 cm³/mol. The van der Waals surface area contributed by atoms with Crippen LogP contribution < -0.4 is 0 Å². The van der Waals surface area contributed by atoms with Gasteiger partial charge in [0.25, 0.3) is 0 Å². The molecule has 2 aromatic heterocycles. The molecule has 118 valence electrons. The van der Waals surface area contributed by atoms with E-state index in [1.54, 1.807) is 0 Å². The summed E-state index contributed by atoms with van der Waals surface area (Å²) < 4.78 is 1.81. The van der Waals surface area contributed by atoms with Gasteiger partial charge in [0.05, 0.1) is 11.4 Å². The zero-order chi connectivity index (χ0) is 16.7. The Balaban J connectivity index is 0.000000924. The lowest BCUT2D eigenvalue weighted by Gasteiger charge is -2.06. The van der Waals surface area contributed by atoms with Gasteiger partial charge in [-0.3, -0.25) is 0 Å². The standard InChI is InChI=1S/C18H17N3.C2H6/c1-14-5-3-6-16(13-14)15(2)21-12-10-18(20-21)9-8-17-7-4-11-19-17;1-2/h3-13,19H,2H2,1H3;1-2H3/b9-8+;. The topological polar surface area (TPSA) is 33.6 Å². The molecule has 1 N–H and O–H groups in total. The van der Waals surface area contributed by atoms with E-state index in [4.69, 9.17) is 0 Å². The molecule has 0 saturated heterocycles. The van der Waals surface area contributed by atoms with Crippen LogP contribution in [0.15, 0.2) is 61.4 Å². The fourth-order valence-corrected chi connectivity index (χ4v) is 2.16. The Hall–Kier alpha value is -2.81. The predicted octanol–water partition coefficient (Wildman–Crippen LogP) is 5.24. The van der Waals surface area contributed by atoms with E-state index in [-0.39, 0.29) is 0 Å². The first kappa shape index (κ1) is 16.6. The van der Waals surface area contributed by atoms with Crippen LogP contribution in [0.5, 0.6) is 0 Å². The lowest BCUT2D eigenvalue weighted by atomic mass is 10.1. The van der Waals surface area contributed by atoms with E-state index >= 15 is 0 Å². The van der Waals surface area contributed by atoms with Crippen molar-refractivity contribution in [3.63, 3.8) is 0 Å². The Morgan fingerprint density at radius 1 is 1.13 bits per heavy atom. The Morgan fingerprint density at radius 3 is 2.65 bits per heavy atom. The van der Waals surface area contributed by atoms with Crippen molar-refractivity contribution in [2.75, 3.05) is 0 Å². The lowest BCUT2D eigenvalue weighted by Crippen LogP contribution is -1.98. The normalized spacial score (nSPS) is 10.4. The van der Waals surface area contributed by atoms with Gasteiger partial charge in [0, 0.05) is 18.1 Å². The molecule has 0 atom stereocenters. The first-order chi connectivity index (χ1) is 11.2. The van der Waals surface area contributed by atoms with Gasteiger partial charge in [0.1, 0.15) is 0 Å². The molecule has 0 bridgehead atoms. The second kappa shape index (κ2) is 7.99. The molecule has 23 heavy (non-hydrogen) atoms. The van der Waals surface area contributed by atoms with Gasteiger partial charge in [0.2, 0.25) is 0 Å². The minimum atomic E-state index is 0.873. The summed E-state index contributed by atoms with van der Waals surface area (Å²) >= 11 is 0. The molecule has 3 aromatic rings. The van der Waals surface area contributed by atoms with E-state index in [2.05, 4.69) is 35.7 Å². The molecule has 0 saturated carbocycles. The van der Waals surface area contributed by atoms with Crippen LogP contribution in [0, 0.1) is 6.92 Å². The van der Waals surface area contributed by atoms with Crippen molar-refractivity contribution in [3.05, 3.63) is 84.0 Å². The quantitative estimate of drug-likeness (QED) is 0.703. The molecule has 3 rings (SSSR count). The number of nitrogens with one attached hydrogen (secondary N) is 1. The molecule has 0 spiro atoms. The SMILES string of the molecule is C=C(c1cccc(C)c1)n1ccc(/C=C/c2ccc[nH]2)n1.CC. The average Bonchev–Trinajstić information content (AvgIpc) is 3.26. The number of rotatable bonds is 4. The summed E-state index contributed by atoms with van der Waals surface area (Å²) in [6.45, 7) is 10.2. The highest BCUT2D eigenvalue weighted by Crippen LogP contribution is 2.16. The Kier molecular flexibility index (Phi) is 5.75. The number of H-pyrrole nitrogens is 1. The van der Waals surface area contributed by atoms with Crippen LogP contribution in [-0.4, -0.2) is 14.8 Å². The van der Waals surface area contributed by atoms with E-state index in [1.807, 2.05) is 73.4 Å². The van der Waals surface area contributed by atoms with Crippen LogP contribution in [0.25, 0.3) is 17.8 Å². The first-order valence-corrected chi connectivity index (χ1v) is 7.86. The average molecular weight is 305 g/mol. The third-order valence-corrected chi connectivity index (χ3v) is 3.29. The van der Waals surface area contributed by atoms with Crippen molar-refractivity contribution < 1.29 is 0 Å². The minimum Gasteiger partial charge on any atom is -0.362 e. The fraction of sp³-hybridized carbons (Fsp3) is 0.150. The molecule has 3 heteroatoms. The molecule has 2 heterocycles. The summed E-state index contributed by atoms with van der Waals surface area (Å²) in [5.74, 6) is 0. The number of aromatic amines is 1. The van der Waals surface area contributed by atoms with Crippen LogP contribution in [0.3, 0.4) is 0 Å². The van der Waals surface area contributed by atoms with Crippen molar-refractivity contribution in [3.8, 4) is 0 Å². The number of nitrogens with zero attached hydrogens (tertiary/aromatic N) is 2. The lowest BCUT2D eigenvalue weighted by molar-refractivity contribution is 0.901. The van der Waals surface area contributed by atoms with Gasteiger partial charge in [-0.2, -0.15) is 5.10 Å². The van der Waals surface area contributed by atoms with Gasteiger partial charge < -0.3 is 4.98 Å². The maximum atomic E-state index is 4.53. The van der Waals surface area contributed by atoms with Gasteiger partial charge in [-0.05, 0) is 48.9 Å². The Bertz CT molecular complexity index is 777. The van der Waals surface area contributed by atoms with Crippen molar-refractivity contribution >= 4 is 17.8 Å². The molecule has 1 aromatic carbocycles. The van der Waals surface area contributed by atoms with Gasteiger partial charge in [-0.25, -0.2) is 4.68 Å². The highest BCUT2D eigenvalue weighted by molar-refractivity contribution is 5.68. The maximum absolute atomic E-state index is 4.53. The van der Waals surface area contributed by atoms with Crippen molar-refractivity contribution in [1.29, 1.82) is 0 Å². The highest BCUT2D eigenvalue weighted by atomic mass is 15.3. The van der Waals surface area contributed by atoms with E-state index in [0.29, 0.717) is 0 Å². The molecule has 0 aliphatic carbocycles. The molecule has 0 unspecified atom stereocenters. The van der Waals surface area contributed by atoms with Crippen LogP contribution in [0.2, 0.25) is 0 Å². The summed E-state index contributed by atoms with van der Waals surface area (Å²) in [6.07, 6.45) is 7.81. The molecule has 0 amide bonds. The van der Waals surface area contributed by atoms with Crippen molar-refractivity contribution in [2.45, 2.75) is 20.8 Å². The van der Waals surface area contributed by atoms with E-state index in [0.717, 1.165) is 22.6 Å². The van der Waals surface area contributed by atoms with E-state index in [1.165, 1.54) is 5.56 Å². The van der Waals surface area contributed by atoms with E-state index < -0.39 is 0 Å². The minimum absolute atomic E-state index is 0.873. The maximum Gasteiger partial charge on any atom is 0.0856 e. The number of hydrogen-bond donors (Lipinski definition) is 1. The van der Waals surface area contributed by atoms with Crippen LogP contribution in [0.1, 0.15) is 36.4 Å². The third kappa shape index (κ3) is 4.33. The summed E-state index contributed by atoms with van der Waals surface area (Å²) in [4.78, 5) is 3.13. The summed E-state index contributed by atoms with van der Waals surface area (Å²) in [7, 11) is 0. The second-order valence-electron chi connectivity index (χ2n) is 4.96. The zero-order valence-corrected chi connectivity index (χ0v) is 14.0. The second-order valence-corrected chi connectivity index (χ2v) is 4.96. The van der Waals surface area contributed by atoms with Gasteiger partial charge in [0.15, 0.2) is 0 Å². The summed E-state index contributed by atoms with van der Waals surface area (Å²) in [5.41, 5.74) is 5.13. The molecule has 0 fully saturated rings. The molecule has 0 radical (unpaired) electrons. The van der Waals surface area contributed by atoms with Crippen LogP contribution in [-0.2, 0) is 0 Å². The molecule has 3 nitrogen and oxygen atoms in total. The summed E-state index contributed by atoms with van der Waals surface area (Å²) in [5, 5.41) is 4.53. The number of aromatic nitrogens is 3. The smallest absolute Gasteiger partial charge is 0.0856 e. The van der Waals surface area contributed by atoms with Gasteiger partial charge >= 0.3 is 0 Å². The number of benzene rings is 1. The largest absolute Gasteiger partial charge is 0.362 e. The number of hydrogen-bond acceptors (Lipinski definition) is 1. The molecular formula is C20H23N3. The highest BCUT2D eigenvalue weighted by Gasteiger charge is 2.03. The molecular weight excluding hydrogens is 282 g/mol. The molecule has 0 aliphatic rings. The Morgan fingerprint density at radius 2 is 1.96 bits per heavy atom. The van der Waals surface area contributed by atoms with Crippen LogP contribution >= 0.6 is 0 Å². The summed E-state index contributed by atoms with van der Waals surface area (Å²) in [6, 6.07) is 14.2. The monoisotopic (exact) mass is 305 g/mol. The van der Waals surface area contributed by atoms with Crippen molar-refractivity contribution in [2.24, 2.45) is 0 Å². The Labute approximate surface area is 138 Å². The molecule has 0 aliphatic heterocycles. The van der Waals surface area contributed by atoms with E-state index in [9.17, 15) is 0 Å². The van der Waals surface area contributed by atoms with Gasteiger partial charge in [-0.1, -0.05) is 44.2 Å². The third-order valence-electron chi connectivity index (χ3n) is 3.29. The zero-order valence-electron chi connectivity index (χ0n) is 14.0. The number of aryl methyl sites for hydroxylation is 1. The first-order valence-electron chi connectivity index (χ1n) is 7.86. The van der Waals surface area contributed by atoms with Crippen molar-refractivity contribution in [1.82, 2.24) is 14.8 Å².